The lowest BCUT2D eigenvalue weighted by Gasteiger charge is -2.19. The van der Waals surface area contributed by atoms with Gasteiger partial charge in [-0.25, -0.2) is 8.42 Å². The van der Waals surface area contributed by atoms with Gasteiger partial charge in [-0.1, -0.05) is 11.6 Å². The number of hydrogen-bond acceptors (Lipinski definition) is 4. The highest BCUT2D eigenvalue weighted by Crippen LogP contribution is 2.36. The Morgan fingerprint density at radius 2 is 2.05 bits per heavy atom. The summed E-state index contributed by atoms with van der Waals surface area (Å²) in [5.74, 6) is 0.251. The smallest absolute Gasteiger partial charge is 0.246 e. The van der Waals surface area contributed by atoms with E-state index in [1.165, 1.54) is 24.5 Å². The van der Waals surface area contributed by atoms with Gasteiger partial charge in [0, 0.05) is 25.2 Å². The van der Waals surface area contributed by atoms with E-state index in [1.807, 2.05) is 0 Å². The number of nitrogens with zero attached hydrogens (tertiary/aromatic N) is 1. The van der Waals surface area contributed by atoms with Crippen molar-refractivity contribution in [3.8, 4) is 5.75 Å². The highest BCUT2D eigenvalue weighted by Gasteiger charge is 2.26. The van der Waals surface area contributed by atoms with Crippen molar-refractivity contribution in [2.75, 3.05) is 34.3 Å². The van der Waals surface area contributed by atoms with Gasteiger partial charge in [0.2, 0.25) is 10.0 Å². The molecule has 9 heteroatoms. The Kier molecular flexibility index (Phi) is 8.39. The molecule has 1 aromatic carbocycles. The summed E-state index contributed by atoms with van der Waals surface area (Å²) in [6, 6.07) is 2.98. The fourth-order valence-electron chi connectivity index (χ4n) is 1.48. The number of ether oxygens (including phenoxy) is 1. The second-order valence-corrected chi connectivity index (χ2v) is 7.15. The van der Waals surface area contributed by atoms with Crippen LogP contribution in [0.2, 0.25) is 5.02 Å². The molecule has 0 saturated carbocycles. The Morgan fingerprint density at radius 1 is 1.45 bits per heavy atom. The van der Waals surface area contributed by atoms with Crippen LogP contribution < -0.4 is 10.1 Å². The number of sulfonamides is 1. The topological polar surface area (TPSA) is 58.6 Å². The van der Waals surface area contributed by atoms with Gasteiger partial charge in [-0.3, -0.25) is 0 Å². The minimum atomic E-state index is -3.65. The summed E-state index contributed by atoms with van der Waals surface area (Å²) in [6.07, 6.45) is 0. The van der Waals surface area contributed by atoms with Crippen molar-refractivity contribution >= 4 is 50.0 Å². The molecule has 0 aromatic heterocycles. The number of rotatable bonds is 6. The van der Waals surface area contributed by atoms with Crippen LogP contribution in [0.5, 0.6) is 5.75 Å². The van der Waals surface area contributed by atoms with Crippen molar-refractivity contribution in [2.24, 2.45) is 0 Å². The van der Waals surface area contributed by atoms with Crippen LogP contribution in [0.25, 0.3) is 0 Å². The molecule has 0 amide bonds. The molecule has 0 atom stereocenters. The molecule has 0 saturated heterocycles. The molecule has 116 valence electrons. The number of methoxy groups -OCH3 is 1. The van der Waals surface area contributed by atoms with Crippen LogP contribution >= 0.6 is 39.9 Å². The Balaban J connectivity index is 0.00000361. The molecule has 1 rings (SSSR count). The summed E-state index contributed by atoms with van der Waals surface area (Å²) in [7, 11) is 1.05. The van der Waals surface area contributed by atoms with Gasteiger partial charge in [-0.15, -0.1) is 12.4 Å². The van der Waals surface area contributed by atoms with Gasteiger partial charge < -0.3 is 10.1 Å². The predicted octanol–water partition coefficient (Wildman–Crippen LogP) is 2.37. The van der Waals surface area contributed by atoms with E-state index in [4.69, 9.17) is 16.3 Å². The molecule has 1 N–H and O–H groups in total. The average molecular weight is 408 g/mol. The number of hydrogen-bond donors (Lipinski definition) is 1. The van der Waals surface area contributed by atoms with Gasteiger partial charge in [0.05, 0.1) is 11.6 Å². The summed E-state index contributed by atoms with van der Waals surface area (Å²) >= 11 is 9.16. The minimum absolute atomic E-state index is 0. The molecule has 0 heterocycles. The zero-order valence-corrected chi connectivity index (χ0v) is 15.3. The molecule has 20 heavy (non-hydrogen) atoms. The summed E-state index contributed by atoms with van der Waals surface area (Å²) in [5.41, 5.74) is 0. The van der Waals surface area contributed by atoms with E-state index < -0.39 is 10.0 Å². The first kappa shape index (κ1) is 19.9. The third-order valence-corrected chi connectivity index (χ3v) is 5.21. The summed E-state index contributed by atoms with van der Waals surface area (Å²) in [6.45, 7) is 0.909. The van der Waals surface area contributed by atoms with Gasteiger partial charge in [0.25, 0.3) is 0 Å². The molecule has 0 aliphatic carbocycles. The number of likely N-dealkylation sites (N-methyl/N-ethyl adjacent to an activating group) is 2. The van der Waals surface area contributed by atoms with Crippen LogP contribution in [0.4, 0.5) is 0 Å². The number of benzene rings is 1. The van der Waals surface area contributed by atoms with E-state index in [0.717, 1.165) is 0 Å². The van der Waals surface area contributed by atoms with Gasteiger partial charge in [0.15, 0.2) is 5.75 Å². The van der Waals surface area contributed by atoms with E-state index in [9.17, 15) is 8.42 Å². The minimum Gasteiger partial charge on any atom is -0.494 e. The Hall–Kier alpha value is -0.0500. The number of halogens is 3. The molecule has 0 aliphatic rings. The molecule has 0 fully saturated rings. The normalized spacial score (nSPS) is 11.3. The third-order valence-electron chi connectivity index (χ3n) is 2.54. The van der Waals surface area contributed by atoms with E-state index in [1.54, 1.807) is 13.1 Å². The predicted molar refractivity (Wildman–Crippen MR) is 86.7 cm³/mol. The molecule has 0 bridgehead atoms. The van der Waals surface area contributed by atoms with Gasteiger partial charge in [-0.05, 0) is 35.1 Å². The summed E-state index contributed by atoms with van der Waals surface area (Å²) in [4.78, 5) is 0.0491. The van der Waals surface area contributed by atoms with Crippen molar-refractivity contribution in [1.29, 1.82) is 0 Å². The van der Waals surface area contributed by atoms with E-state index in [2.05, 4.69) is 21.2 Å². The summed E-state index contributed by atoms with van der Waals surface area (Å²) < 4.78 is 31.8. The van der Waals surface area contributed by atoms with Crippen molar-refractivity contribution in [3.63, 3.8) is 0 Å². The molecule has 0 aliphatic heterocycles. The van der Waals surface area contributed by atoms with Crippen molar-refractivity contribution in [3.05, 3.63) is 21.6 Å². The van der Waals surface area contributed by atoms with E-state index >= 15 is 0 Å². The van der Waals surface area contributed by atoms with Gasteiger partial charge >= 0.3 is 0 Å². The fraction of sp³-hybridized carbons (Fsp3) is 0.455. The molecule has 0 unspecified atom stereocenters. The zero-order valence-electron chi connectivity index (χ0n) is 11.3. The van der Waals surface area contributed by atoms with E-state index in [-0.39, 0.29) is 23.1 Å². The van der Waals surface area contributed by atoms with Crippen LogP contribution in [0.3, 0.4) is 0 Å². The van der Waals surface area contributed by atoms with Crippen molar-refractivity contribution < 1.29 is 13.2 Å². The standard InChI is InChI=1S/C11H16BrClN2O3S.ClH/c1-14-4-5-15(2)19(16,17)10-7-8(13)6-9(12)11(10)18-3;/h6-7,14H,4-5H2,1-3H3;1H. The van der Waals surface area contributed by atoms with Crippen LogP contribution in [-0.2, 0) is 10.0 Å². The molecule has 0 spiro atoms. The molecule has 1 aromatic rings. The van der Waals surface area contributed by atoms with E-state index in [0.29, 0.717) is 22.6 Å². The SMILES string of the molecule is CNCCN(C)S(=O)(=O)c1cc(Cl)cc(Br)c1OC.Cl. The van der Waals surface area contributed by atoms with Gasteiger partial charge in [-0.2, -0.15) is 4.31 Å². The Labute approximate surface area is 139 Å². The van der Waals surface area contributed by atoms with Crippen LogP contribution in [0.1, 0.15) is 0 Å². The average Bonchev–Trinajstić information content (AvgIpc) is 2.34. The van der Waals surface area contributed by atoms with Crippen molar-refractivity contribution in [1.82, 2.24) is 9.62 Å². The summed E-state index contributed by atoms with van der Waals surface area (Å²) in [5, 5.41) is 3.23. The highest BCUT2D eigenvalue weighted by molar-refractivity contribution is 9.10. The van der Waals surface area contributed by atoms with Crippen molar-refractivity contribution in [2.45, 2.75) is 4.90 Å². The monoisotopic (exact) mass is 406 g/mol. The first-order chi connectivity index (χ1) is 8.84. The fourth-order valence-corrected chi connectivity index (χ4v) is 4.02. The highest BCUT2D eigenvalue weighted by atomic mass is 79.9. The van der Waals surface area contributed by atoms with Gasteiger partial charge in [0.1, 0.15) is 4.90 Å². The first-order valence-corrected chi connectivity index (χ1v) is 8.09. The molecule has 0 radical (unpaired) electrons. The molecular formula is C11H17BrCl2N2O3S. The largest absolute Gasteiger partial charge is 0.494 e. The first-order valence-electron chi connectivity index (χ1n) is 5.48. The maximum Gasteiger partial charge on any atom is 0.246 e. The molecule has 5 nitrogen and oxygen atoms in total. The van der Waals surface area contributed by atoms with Crippen LogP contribution in [-0.4, -0.2) is 47.0 Å². The molecular weight excluding hydrogens is 391 g/mol. The lowest BCUT2D eigenvalue weighted by molar-refractivity contribution is 0.395. The Bertz CT molecular complexity index is 555. The third kappa shape index (κ3) is 4.47. The lowest BCUT2D eigenvalue weighted by atomic mass is 10.3. The Morgan fingerprint density at radius 3 is 2.55 bits per heavy atom. The maximum absolute atomic E-state index is 12.5. The van der Waals surface area contributed by atoms with Crippen LogP contribution in [0, 0.1) is 0 Å². The second kappa shape index (κ2) is 8.41. The quantitative estimate of drug-likeness (QED) is 0.786. The maximum atomic E-state index is 12.5. The zero-order chi connectivity index (χ0) is 14.6. The van der Waals surface area contributed by atoms with Crippen LogP contribution in [0.15, 0.2) is 21.5 Å². The second-order valence-electron chi connectivity index (χ2n) is 3.85. The lowest BCUT2D eigenvalue weighted by Crippen LogP contribution is -2.33. The number of nitrogens with one attached hydrogen (secondary N) is 1.